The van der Waals surface area contributed by atoms with Gasteiger partial charge in [-0.1, -0.05) is 19.3 Å². The molecule has 0 spiro atoms. The largest absolute Gasteiger partial charge is 0.397 e. The van der Waals surface area contributed by atoms with Gasteiger partial charge in [0.2, 0.25) is 0 Å². The van der Waals surface area contributed by atoms with Crippen molar-refractivity contribution in [2.75, 3.05) is 24.2 Å². The number of nitrogens with one attached hydrogen (secondary N) is 1. The Labute approximate surface area is 123 Å². The summed E-state index contributed by atoms with van der Waals surface area (Å²) in [6.45, 7) is 1.58. The minimum Gasteiger partial charge on any atom is -0.397 e. The molecule has 100 valence electrons. The van der Waals surface area contributed by atoms with Gasteiger partial charge in [0, 0.05) is 10.1 Å². The van der Waals surface area contributed by atoms with Gasteiger partial charge in [0.1, 0.15) is 0 Å². The van der Waals surface area contributed by atoms with Crippen LogP contribution in [0.5, 0.6) is 0 Å². The summed E-state index contributed by atoms with van der Waals surface area (Å²) in [4.78, 5) is 0. The highest BCUT2D eigenvalue weighted by molar-refractivity contribution is 14.1. The maximum absolute atomic E-state index is 5.94. The van der Waals surface area contributed by atoms with Crippen LogP contribution in [-0.4, -0.2) is 19.3 Å². The molecule has 18 heavy (non-hydrogen) atoms. The topological polar surface area (TPSA) is 47.3 Å². The first kappa shape index (κ1) is 13.9. The van der Waals surface area contributed by atoms with Gasteiger partial charge in [-0.2, -0.15) is 0 Å². The second-order valence-corrected chi connectivity index (χ2v) is 6.03. The molecule has 0 aromatic heterocycles. The third-order valence-electron chi connectivity index (χ3n) is 3.34. The second kappa shape index (κ2) is 7.19. The maximum atomic E-state index is 5.94. The van der Waals surface area contributed by atoms with E-state index in [1.54, 1.807) is 0 Å². The monoisotopic (exact) mass is 360 g/mol. The fourth-order valence-electron chi connectivity index (χ4n) is 2.34. The van der Waals surface area contributed by atoms with Gasteiger partial charge in [-0.3, -0.25) is 0 Å². The molecule has 0 unspecified atom stereocenters. The third-order valence-corrected chi connectivity index (χ3v) is 4.01. The van der Waals surface area contributed by atoms with Crippen molar-refractivity contribution in [3.63, 3.8) is 0 Å². The SMILES string of the molecule is Nc1cc(I)ccc1NCCOC1CCCCC1. The van der Waals surface area contributed by atoms with E-state index in [0.29, 0.717) is 6.10 Å². The Bertz CT molecular complexity index is 378. The third kappa shape index (κ3) is 4.31. The molecule has 4 heteroatoms. The van der Waals surface area contributed by atoms with Crippen LogP contribution in [0.4, 0.5) is 11.4 Å². The molecule has 0 heterocycles. The lowest BCUT2D eigenvalue weighted by Crippen LogP contribution is -2.20. The van der Waals surface area contributed by atoms with Gasteiger partial charge in [-0.25, -0.2) is 0 Å². The summed E-state index contributed by atoms with van der Waals surface area (Å²) in [6.07, 6.45) is 6.95. The molecule has 1 saturated carbocycles. The highest BCUT2D eigenvalue weighted by Gasteiger charge is 2.12. The first-order valence-electron chi connectivity index (χ1n) is 6.66. The molecule has 1 aliphatic carbocycles. The zero-order chi connectivity index (χ0) is 12.8. The lowest BCUT2D eigenvalue weighted by molar-refractivity contribution is 0.0347. The lowest BCUT2D eigenvalue weighted by Gasteiger charge is -2.22. The van der Waals surface area contributed by atoms with Crippen LogP contribution in [0.15, 0.2) is 18.2 Å². The number of benzene rings is 1. The number of ether oxygens (including phenoxy) is 1. The summed E-state index contributed by atoms with van der Waals surface area (Å²) < 4.78 is 7.02. The summed E-state index contributed by atoms with van der Waals surface area (Å²) in [7, 11) is 0. The molecular formula is C14H21IN2O. The van der Waals surface area contributed by atoms with E-state index in [1.165, 1.54) is 32.1 Å². The summed E-state index contributed by atoms with van der Waals surface area (Å²) >= 11 is 2.26. The van der Waals surface area contributed by atoms with Crippen LogP contribution >= 0.6 is 22.6 Å². The molecular weight excluding hydrogens is 339 g/mol. The van der Waals surface area contributed by atoms with Crippen LogP contribution in [0.25, 0.3) is 0 Å². The van der Waals surface area contributed by atoms with Gasteiger partial charge in [-0.15, -0.1) is 0 Å². The van der Waals surface area contributed by atoms with Gasteiger partial charge in [0.25, 0.3) is 0 Å². The van der Waals surface area contributed by atoms with E-state index in [-0.39, 0.29) is 0 Å². The Morgan fingerprint density at radius 3 is 2.78 bits per heavy atom. The lowest BCUT2D eigenvalue weighted by atomic mass is 9.98. The van der Waals surface area contributed by atoms with E-state index in [1.807, 2.05) is 12.1 Å². The zero-order valence-corrected chi connectivity index (χ0v) is 12.8. The molecule has 1 aliphatic rings. The van der Waals surface area contributed by atoms with Crippen molar-refractivity contribution < 1.29 is 4.74 Å². The van der Waals surface area contributed by atoms with Crippen molar-refractivity contribution in [1.29, 1.82) is 0 Å². The van der Waals surface area contributed by atoms with Crippen molar-refractivity contribution >= 4 is 34.0 Å². The van der Waals surface area contributed by atoms with Crippen LogP contribution in [0.2, 0.25) is 0 Å². The minimum absolute atomic E-state index is 0.481. The Morgan fingerprint density at radius 1 is 1.28 bits per heavy atom. The molecule has 3 N–H and O–H groups in total. The van der Waals surface area contributed by atoms with Crippen molar-refractivity contribution in [3.8, 4) is 0 Å². The predicted octanol–water partition coefficient (Wildman–Crippen LogP) is 3.63. The number of hydrogen-bond donors (Lipinski definition) is 2. The molecule has 0 amide bonds. The number of nitrogens with two attached hydrogens (primary N) is 1. The summed E-state index contributed by atoms with van der Waals surface area (Å²) in [5.41, 5.74) is 7.75. The van der Waals surface area contributed by atoms with Gasteiger partial charge >= 0.3 is 0 Å². The van der Waals surface area contributed by atoms with E-state index in [9.17, 15) is 0 Å². The second-order valence-electron chi connectivity index (χ2n) is 4.79. The first-order chi connectivity index (χ1) is 8.75. The van der Waals surface area contributed by atoms with Crippen LogP contribution in [0.1, 0.15) is 32.1 Å². The van der Waals surface area contributed by atoms with Crippen LogP contribution in [0.3, 0.4) is 0 Å². The van der Waals surface area contributed by atoms with Crippen molar-refractivity contribution in [2.24, 2.45) is 0 Å². The average Bonchev–Trinajstić information content (AvgIpc) is 2.38. The Hall–Kier alpha value is -0.490. The number of anilines is 2. The van der Waals surface area contributed by atoms with Gasteiger partial charge in [-0.05, 0) is 53.6 Å². The highest BCUT2D eigenvalue weighted by atomic mass is 127. The quantitative estimate of drug-likeness (QED) is 0.479. The Balaban J connectivity index is 1.68. The fourth-order valence-corrected chi connectivity index (χ4v) is 2.85. The van der Waals surface area contributed by atoms with E-state index in [0.717, 1.165) is 28.1 Å². The van der Waals surface area contributed by atoms with E-state index in [4.69, 9.17) is 10.5 Å². The molecule has 0 bridgehead atoms. The van der Waals surface area contributed by atoms with Gasteiger partial charge < -0.3 is 15.8 Å². The zero-order valence-electron chi connectivity index (χ0n) is 10.6. The molecule has 1 aromatic carbocycles. The molecule has 0 atom stereocenters. The Kier molecular flexibility index (Phi) is 5.56. The standard InChI is InChI=1S/C14H21IN2O/c15-11-6-7-14(13(16)10-11)17-8-9-18-12-4-2-1-3-5-12/h6-7,10,12,17H,1-5,8-9,16H2. The maximum Gasteiger partial charge on any atom is 0.0642 e. The van der Waals surface area contributed by atoms with Gasteiger partial charge in [0.15, 0.2) is 0 Å². The average molecular weight is 360 g/mol. The van der Waals surface area contributed by atoms with E-state index >= 15 is 0 Å². The number of rotatable bonds is 5. The summed E-state index contributed by atoms with van der Waals surface area (Å²) in [5, 5.41) is 3.33. The molecule has 0 aliphatic heterocycles. The molecule has 1 fully saturated rings. The van der Waals surface area contributed by atoms with Crippen LogP contribution < -0.4 is 11.1 Å². The van der Waals surface area contributed by atoms with Crippen LogP contribution in [-0.2, 0) is 4.74 Å². The number of nitrogen functional groups attached to an aromatic ring is 1. The Morgan fingerprint density at radius 2 is 2.06 bits per heavy atom. The fraction of sp³-hybridized carbons (Fsp3) is 0.571. The molecule has 0 saturated heterocycles. The number of hydrogen-bond acceptors (Lipinski definition) is 3. The van der Waals surface area contributed by atoms with Gasteiger partial charge in [0.05, 0.1) is 24.1 Å². The van der Waals surface area contributed by atoms with E-state index < -0.39 is 0 Å². The summed E-state index contributed by atoms with van der Waals surface area (Å²) in [5.74, 6) is 0. The molecule has 2 rings (SSSR count). The molecule has 3 nitrogen and oxygen atoms in total. The molecule has 0 radical (unpaired) electrons. The van der Waals surface area contributed by atoms with Crippen molar-refractivity contribution in [2.45, 2.75) is 38.2 Å². The highest BCUT2D eigenvalue weighted by Crippen LogP contribution is 2.21. The minimum atomic E-state index is 0.481. The van der Waals surface area contributed by atoms with Crippen molar-refractivity contribution in [3.05, 3.63) is 21.8 Å². The first-order valence-corrected chi connectivity index (χ1v) is 7.74. The van der Waals surface area contributed by atoms with Crippen LogP contribution in [0, 0.1) is 3.57 Å². The number of halogens is 1. The summed E-state index contributed by atoms with van der Waals surface area (Å²) in [6, 6.07) is 6.06. The normalized spacial score (nSPS) is 16.7. The van der Waals surface area contributed by atoms with E-state index in [2.05, 4.69) is 34.0 Å². The predicted molar refractivity (Wildman–Crippen MR) is 84.9 cm³/mol. The smallest absolute Gasteiger partial charge is 0.0642 e. The molecule has 1 aromatic rings. The van der Waals surface area contributed by atoms with Crippen molar-refractivity contribution in [1.82, 2.24) is 0 Å².